The average molecular weight is 447 g/mol. The minimum atomic E-state index is 0. The summed E-state index contributed by atoms with van der Waals surface area (Å²) in [5, 5.41) is 6.67. The molecule has 136 valence electrons. The Morgan fingerprint density at radius 1 is 1.50 bits per heavy atom. The number of morpholine rings is 1. The molecule has 1 aromatic rings. The standard InChI is InChI=1S/C17H29N5O.HI/c1-5-13(2)21-17(18-4)20-11-15-6-7-16(19-10-15)22-8-9-23-14(3)12-22;/h6-7,10,13-14H,5,8-9,11-12H2,1-4H3,(H2,18,20,21);1H. The Bertz CT molecular complexity index is 508. The van der Waals surface area contributed by atoms with Gasteiger partial charge in [-0.3, -0.25) is 4.99 Å². The van der Waals surface area contributed by atoms with E-state index in [1.54, 1.807) is 7.05 Å². The highest BCUT2D eigenvalue weighted by Crippen LogP contribution is 2.15. The number of pyridine rings is 1. The summed E-state index contributed by atoms with van der Waals surface area (Å²) in [5.74, 6) is 1.84. The average Bonchev–Trinajstić information content (AvgIpc) is 2.58. The molecule has 1 fully saturated rings. The van der Waals surface area contributed by atoms with E-state index in [9.17, 15) is 0 Å². The SMILES string of the molecule is CCC(C)NC(=NC)NCc1ccc(N2CCOC(C)C2)nc1.I. The molecule has 0 bridgehead atoms. The molecule has 6 nitrogen and oxygen atoms in total. The molecule has 2 heterocycles. The summed E-state index contributed by atoms with van der Waals surface area (Å²) in [4.78, 5) is 11.1. The van der Waals surface area contributed by atoms with Gasteiger partial charge in [-0.1, -0.05) is 13.0 Å². The Balaban J connectivity index is 0.00000288. The molecular weight excluding hydrogens is 417 g/mol. The first-order valence-corrected chi connectivity index (χ1v) is 8.41. The van der Waals surface area contributed by atoms with Crippen LogP contribution in [-0.4, -0.2) is 49.8 Å². The highest BCUT2D eigenvalue weighted by Gasteiger charge is 2.17. The van der Waals surface area contributed by atoms with Crippen LogP contribution in [0.5, 0.6) is 0 Å². The molecule has 24 heavy (non-hydrogen) atoms. The Kier molecular flexibility index (Phi) is 9.35. The summed E-state index contributed by atoms with van der Waals surface area (Å²) in [6.45, 7) is 9.68. The van der Waals surface area contributed by atoms with Crippen LogP contribution in [0.15, 0.2) is 23.3 Å². The summed E-state index contributed by atoms with van der Waals surface area (Å²) in [6, 6.07) is 4.61. The number of aromatic nitrogens is 1. The van der Waals surface area contributed by atoms with Crippen molar-refractivity contribution in [1.29, 1.82) is 0 Å². The third-order valence-electron chi connectivity index (χ3n) is 4.05. The van der Waals surface area contributed by atoms with E-state index in [-0.39, 0.29) is 30.1 Å². The van der Waals surface area contributed by atoms with Gasteiger partial charge in [0.05, 0.1) is 12.7 Å². The van der Waals surface area contributed by atoms with Crippen molar-refractivity contribution in [3.8, 4) is 0 Å². The van der Waals surface area contributed by atoms with E-state index in [1.165, 1.54) is 0 Å². The quantitative estimate of drug-likeness (QED) is 0.413. The lowest BCUT2D eigenvalue weighted by molar-refractivity contribution is 0.0529. The molecule has 0 saturated carbocycles. The molecule has 0 spiro atoms. The number of hydrogen-bond donors (Lipinski definition) is 2. The van der Waals surface area contributed by atoms with Gasteiger partial charge in [0.2, 0.25) is 0 Å². The predicted molar refractivity (Wildman–Crippen MR) is 110 cm³/mol. The van der Waals surface area contributed by atoms with Gasteiger partial charge in [-0.2, -0.15) is 0 Å². The number of nitrogens with one attached hydrogen (secondary N) is 2. The van der Waals surface area contributed by atoms with Crippen molar-refractivity contribution in [2.75, 3.05) is 31.6 Å². The molecule has 2 N–H and O–H groups in total. The highest BCUT2D eigenvalue weighted by molar-refractivity contribution is 14.0. The van der Waals surface area contributed by atoms with Gasteiger partial charge in [0.15, 0.2) is 5.96 Å². The van der Waals surface area contributed by atoms with Crippen LogP contribution in [0.25, 0.3) is 0 Å². The summed E-state index contributed by atoms with van der Waals surface area (Å²) in [6.07, 6.45) is 3.26. The second-order valence-electron chi connectivity index (χ2n) is 6.03. The number of aliphatic imine (C=N–C) groups is 1. The molecular formula is C17H30IN5O. The molecule has 7 heteroatoms. The number of guanidine groups is 1. The van der Waals surface area contributed by atoms with E-state index in [2.05, 4.69) is 58.4 Å². The van der Waals surface area contributed by atoms with Gasteiger partial charge in [-0.05, 0) is 31.9 Å². The lowest BCUT2D eigenvalue weighted by Gasteiger charge is -2.32. The fraction of sp³-hybridized carbons (Fsp3) is 0.647. The first-order chi connectivity index (χ1) is 11.1. The normalized spacial score (nSPS) is 19.4. The Morgan fingerprint density at radius 3 is 2.88 bits per heavy atom. The van der Waals surface area contributed by atoms with Crippen molar-refractivity contribution < 1.29 is 4.74 Å². The second kappa shape index (κ2) is 10.7. The fourth-order valence-electron chi connectivity index (χ4n) is 2.45. The largest absolute Gasteiger partial charge is 0.375 e. The number of halogens is 1. The van der Waals surface area contributed by atoms with Crippen LogP contribution in [0.3, 0.4) is 0 Å². The second-order valence-corrected chi connectivity index (χ2v) is 6.03. The lowest BCUT2D eigenvalue weighted by Crippen LogP contribution is -2.42. The molecule has 0 amide bonds. The first-order valence-electron chi connectivity index (χ1n) is 8.41. The van der Waals surface area contributed by atoms with E-state index in [4.69, 9.17) is 4.74 Å². The number of rotatable bonds is 5. The molecule has 2 atom stereocenters. The third kappa shape index (κ3) is 6.43. The molecule has 2 unspecified atom stereocenters. The van der Waals surface area contributed by atoms with Gasteiger partial charge in [0, 0.05) is 38.9 Å². The van der Waals surface area contributed by atoms with Crippen LogP contribution in [-0.2, 0) is 11.3 Å². The molecule has 1 aliphatic rings. The molecule has 0 aromatic carbocycles. The van der Waals surface area contributed by atoms with Crippen molar-refractivity contribution in [3.63, 3.8) is 0 Å². The zero-order valence-corrected chi connectivity index (χ0v) is 17.4. The van der Waals surface area contributed by atoms with E-state index < -0.39 is 0 Å². The summed E-state index contributed by atoms with van der Waals surface area (Å²) < 4.78 is 5.57. The monoisotopic (exact) mass is 447 g/mol. The maximum absolute atomic E-state index is 5.57. The molecule has 1 aliphatic heterocycles. The van der Waals surface area contributed by atoms with Crippen molar-refractivity contribution in [3.05, 3.63) is 23.9 Å². The maximum Gasteiger partial charge on any atom is 0.191 e. The van der Waals surface area contributed by atoms with Gasteiger partial charge in [0.25, 0.3) is 0 Å². The number of nitrogens with zero attached hydrogens (tertiary/aromatic N) is 3. The van der Waals surface area contributed by atoms with Gasteiger partial charge >= 0.3 is 0 Å². The van der Waals surface area contributed by atoms with Crippen LogP contribution in [0.1, 0.15) is 32.8 Å². The van der Waals surface area contributed by atoms with Gasteiger partial charge in [-0.15, -0.1) is 24.0 Å². The van der Waals surface area contributed by atoms with Crippen molar-refractivity contribution in [2.45, 2.75) is 45.9 Å². The molecule has 0 radical (unpaired) electrons. The molecule has 1 saturated heterocycles. The van der Waals surface area contributed by atoms with Gasteiger partial charge in [0.1, 0.15) is 5.82 Å². The van der Waals surface area contributed by atoms with Crippen molar-refractivity contribution in [2.24, 2.45) is 4.99 Å². The van der Waals surface area contributed by atoms with Crippen LogP contribution >= 0.6 is 24.0 Å². The van der Waals surface area contributed by atoms with E-state index in [1.807, 2.05) is 6.20 Å². The van der Waals surface area contributed by atoms with E-state index in [0.29, 0.717) is 12.6 Å². The first kappa shape index (κ1) is 21.0. The Hall–Kier alpha value is -1.09. The van der Waals surface area contributed by atoms with Crippen LogP contribution < -0.4 is 15.5 Å². The van der Waals surface area contributed by atoms with Gasteiger partial charge < -0.3 is 20.3 Å². The predicted octanol–water partition coefficient (Wildman–Crippen LogP) is 2.39. The summed E-state index contributed by atoms with van der Waals surface area (Å²) in [5.41, 5.74) is 1.14. The Morgan fingerprint density at radius 2 is 2.29 bits per heavy atom. The lowest BCUT2D eigenvalue weighted by atomic mass is 10.2. The smallest absolute Gasteiger partial charge is 0.191 e. The molecule has 2 rings (SSSR count). The number of anilines is 1. The van der Waals surface area contributed by atoms with Crippen LogP contribution in [0, 0.1) is 0 Å². The zero-order chi connectivity index (χ0) is 16.7. The van der Waals surface area contributed by atoms with Crippen LogP contribution in [0.4, 0.5) is 5.82 Å². The Labute approximate surface area is 162 Å². The van der Waals surface area contributed by atoms with Gasteiger partial charge in [-0.25, -0.2) is 4.98 Å². The van der Waals surface area contributed by atoms with E-state index >= 15 is 0 Å². The number of hydrogen-bond acceptors (Lipinski definition) is 4. The maximum atomic E-state index is 5.57. The van der Waals surface area contributed by atoms with Crippen molar-refractivity contribution in [1.82, 2.24) is 15.6 Å². The summed E-state index contributed by atoms with van der Waals surface area (Å²) >= 11 is 0. The highest BCUT2D eigenvalue weighted by atomic mass is 127. The molecule has 0 aliphatic carbocycles. The molecule has 1 aromatic heterocycles. The van der Waals surface area contributed by atoms with Crippen LogP contribution in [0.2, 0.25) is 0 Å². The summed E-state index contributed by atoms with van der Waals surface area (Å²) in [7, 11) is 1.79. The topological polar surface area (TPSA) is 61.8 Å². The minimum Gasteiger partial charge on any atom is -0.375 e. The third-order valence-corrected chi connectivity index (χ3v) is 4.05. The zero-order valence-electron chi connectivity index (χ0n) is 15.1. The van der Waals surface area contributed by atoms with Crippen molar-refractivity contribution >= 4 is 35.8 Å². The van der Waals surface area contributed by atoms with E-state index in [0.717, 1.165) is 43.5 Å². The minimum absolute atomic E-state index is 0. The fourth-order valence-corrected chi connectivity index (χ4v) is 2.45. The number of ether oxygens (including phenoxy) is 1.